The summed E-state index contributed by atoms with van der Waals surface area (Å²) in [5.74, 6) is 0.0906. The maximum Gasteiger partial charge on any atom is 0.356 e. The van der Waals surface area contributed by atoms with Crippen LogP contribution >= 0.6 is 0 Å². The number of ether oxygens (including phenoxy) is 1. The number of hydrogen-bond acceptors (Lipinski definition) is 5. The molecule has 5 nitrogen and oxygen atoms in total. The molecule has 1 N–H and O–H groups in total. The Bertz CT molecular complexity index is 290. The third kappa shape index (κ3) is 3.32. The summed E-state index contributed by atoms with van der Waals surface area (Å²) >= 11 is 0. The average Bonchev–Trinajstić information content (AvgIpc) is 2.28. The molecule has 0 aromatic carbocycles. The van der Waals surface area contributed by atoms with Crippen LogP contribution in [-0.4, -0.2) is 28.0 Å². The second-order valence-corrected chi connectivity index (χ2v) is 4.76. The van der Waals surface area contributed by atoms with Crippen molar-refractivity contribution in [1.82, 2.24) is 5.48 Å². The molecule has 86 valence electrons. The van der Waals surface area contributed by atoms with Crippen LogP contribution in [0.15, 0.2) is 11.8 Å². The molecule has 0 saturated carbocycles. The predicted molar refractivity (Wildman–Crippen MR) is 56.0 cm³/mol. The normalized spacial score (nSPS) is 22.5. The summed E-state index contributed by atoms with van der Waals surface area (Å²) in [6.07, 6.45) is 2.11. The summed E-state index contributed by atoms with van der Waals surface area (Å²) < 4.78 is 16.1. The lowest BCUT2D eigenvalue weighted by molar-refractivity contribution is -0.141. The quantitative estimate of drug-likeness (QED) is 0.714. The topological polar surface area (TPSA) is 64.6 Å². The second kappa shape index (κ2) is 5.87. The first-order chi connectivity index (χ1) is 7.19. The molecule has 0 aromatic rings. The van der Waals surface area contributed by atoms with Gasteiger partial charge >= 0.3 is 5.97 Å². The molecule has 2 unspecified atom stereocenters. The predicted octanol–water partition coefficient (Wildman–Crippen LogP) is 0.453. The van der Waals surface area contributed by atoms with Gasteiger partial charge in [0.15, 0.2) is 5.44 Å². The van der Waals surface area contributed by atoms with E-state index in [0.717, 1.165) is 0 Å². The summed E-state index contributed by atoms with van der Waals surface area (Å²) in [5.41, 5.74) is 2.36. The first-order valence-electron chi connectivity index (χ1n) is 4.85. The molecule has 1 heterocycles. The van der Waals surface area contributed by atoms with Crippen LogP contribution in [-0.2, 0) is 25.2 Å². The van der Waals surface area contributed by atoms with Crippen molar-refractivity contribution in [2.24, 2.45) is 0 Å². The lowest BCUT2D eigenvalue weighted by Crippen LogP contribution is -2.34. The summed E-state index contributed by atoms with van der Waals surface area (Å²) in [6.45, 7) is 3.88. The molecule has 0 radical (unpaired) electrons. The molecule has 0 fully saturated rings. The molecule has 0 spiro atoms. The Morgan fingerprint density at radius 2 is 2.47 bits per heavy atom. The third-order valence-corrected chi connectivity index (χ3v) is 3.33. The maximum absolute atomic E-state index is 11.4. The molecule has 2 atom stereocenters. The van der Waals surface area contributed by atoms with Gasteiger partial charge in [-0.3, -0.25) is 14.5 Å². The van der Waals surface area contributed by atoms with Crippen molar-refractivity contribution in [3.8, 4) is 0 Å². The molecule has 0 bridgehead atoms. The highest BCUT2D eigenvalue weighted by Gasteiger charge is 2.23. The first-order valence-corrected chi connectivity index (χ1v) is 6.23. The van der Waals surface area contributed by atoms with Crippen molar-refractivity contribution in [2.45, 2.75) is 25.7 Å². The number of esters is 1. The van der Waals surface area contributed by atoms with Crippen molar-refractivity contribution in [3.05, 3.63) is 11.8 Å². The molecule has 6 heteroatoms. The lowest BCUT2D eigenvalue weighted by atomic mass is 10.3. The first kappa shape index (κ1) is 12.2. The van der Waals surface area contributed by atoms with Gasteiger partial charge in [0, 0.05) is 12.2 Å². The van der Waals surface area contributed by atoms with Crippen LogP contribution < -0.4 is 5.48 Å². The van der Waals surface area contributed by atoms with Gasteiger partial charge in [0.1, 0.15) is 5.70 Å². The van der Waals surface area contributed by atoms with E-state index < -0.39 is 16.8 Å². The highest BCUT2D eigenvalue weighted by atomic mass is 32.2. The zero-order valence-electron chi connectivity index (χ0n) is 8.82. The number of rotatable bonds is 4. The number of carbonyl (C=O) groups is 1. The molecule has 1 aliphatic rings. The highest BCUT2D eigenvalue weighted by molar-refractivity contribution is 7.85. The number of hydrogen-bond donors (Lipinski definition) is 1. The van der Waals surface area contributed by atoms with E-state index in [1.54, 1.807) is 13.0 Å². The summed E-state index contributed by atoms with van der Waals surface area (Å²) in [5, 5.41) is 0. The van der Waals surface area contributed by atoms with E-state index in [1.807, 2.05) is 6.92 Å². The van der Waals surface area contributed by atoms with Gasteiger partial charge in [-0.05, 0) is 13.0 Å². The lowest BCUT2D eigenvalue weighted by Gasteiger charge is -2.21. The van der Waals surface area contributed by atoms with E-state index in [-0.39, 0.29) is 11.1 Å². The Kier molecular flexibility index (Phi) is 4.77. The van der Waals surface area contributed by atoms with Gasteiger partial charge in [0.25, 0.3) is 0 Å². The molecule has 1 aliphatic heterocycles. The van der Waals surface area contributed by atoms with E-state index in [4.69, 9.17) is 9.57 Å². The molecule has 0 aromatic heterocycles. The Morgan fingerprint density at radius 1 is 1.73 bits per heavy atom. The van der Waals surface area contributed by atoms with E-state index in [9.17, 15) is 9.00 Å². The van der Waals surface area contributed by atoms with E-state index in [0.29, 0.717) is 18.8 Å². The van der Waals surface area contributed by atoms with Gasteiger partial charge < -0.3 is 4.74 Å². The number of hydroxylamine groups is 1. The van der Waals surface area contributed by atoms with Crippen LogP contribution in [0.5, 0.6) is 0 Å². The van der Waals surface area contributed by atoms with E-state index in [1.165, 1.54) is 0 Å². The van der Waals surface area contributed by atoms with Crippen molar-refractivity contribution in [2.75, 3.05) is 12.4 Å². The van der Waals surface area contributed by atoms with Gasteiger partial charge in [0.05, 0.1) is 17.4 Å². The van der Waals surface area contributed by atoms with E-state index in [2.05, 4.69) is 5.48 Å². The number of carbonyl (C=O) groups excluding carboxylic acids is 1. The van der Waals surface area contributed by atoms with Crippen LogP contribution in [0.3, 0.4) is 0 Å². The van der Waals surface area contributed by atoms with Gasteiger partial charge in [0.2, 0.25) is 0 Å². The smallest absolute Gasteiger partial charge is 0.356 e. The van der Waals surface area contributed by atoms with Crippen molar-refractivity contribution >= 4 is 16.8 Å². The molecular formula is C9H15NO4S. The van der Waals surface area contributed by atoms with Crippen LogP contribution in [0.25, 0.3) is 0 Å². The minimum atomic E-state index is -1.03. The van der Waals surface area contributed by atoms with E-state index >= 15 is 0 Å². The van der Waals surface area contributed by atoms with Crippen LogP contribution in [0.4, 0.5) is 0 Å². The monoisotopic (exact) mass is 233 g/mol. The zero-order valence-corrected chi connectivity index (χ0v) is 9.63. The zero-order chi connectivity index (χ0) is 11.3. The number of nitrogens with one attached hydrogen (secondary N) is 1. The minimum Gasteiger partial charge on any atom is -0.461 e. The largest absolute Gasteiger partial charge is 0.461 e. The van der Waals surface area contributed by atoms with Gasteiger partial charge in [-0.1, -0.05) is 6.92 Å². The molecule has 0 amide bonds. The van der Waals surface area contributed by atoms with Gasteiger partial charge in [-0.15, -0.1) is 0 Å². The molecule has 0 saturated heterocycles. The molecule has 1 rings (SSSR count). The van der Waals surface area contributed by atoms with Crippen LogP contribution in [0, 0.1) is 0 Å². The Balaban J connectivity index is 2.51. The standard InChI is InChI=1S/C9H15NO4S/c1-3-13-9(11)7-5-6-8(14-10-7)15(12)4-2/h5,8,10H,3-4,6H2,1-2H3. The van der Waals surface area contributed by atoms with Gasteiger partial charge in [-0.25, -0.2) is 4.79 Å². The Hall–Kier alpha value is -0.880. The fourth-order valence-electron chi connectivity index (χ4n) is 1.11. The van der Waals surface area contributed by atoms with Crippen LogP contribution in [0.2, 0.25) is 0 Å². The second-order valence-electron chi connectivity index (χ2n) is 2.89. The Morgan fingerprint density at radius 3 is 2.93 bits per heavy atom. The van der Waals surface area contributed by atoms with Gasteiger partial charge in [-0.2, -0.15) is 0 Å². The minimum absolute atomic E-state index is 0.279. The Labute approximate surface area is 91.2 Å². The van der Waals surface area contributed by atoms with Crippen molar-refractivity contribution < 1.29 is 18.6 Å². The van der Waals surface area contributed by atoms with Crippen molar-refractivity contribution in [3.63, 3.8) is 0 Å². The SMILES string of the molecule is CCOC(=O)C1=CCC(S(=O)CC)ON1. The summed E-state index contributed by atoms with van der Waals surface area (Å²) in [6, 6.07) is 0. The summed E-state index contributed by atoms with van der Waals surface area (Å²) in [4.78, 5) is 16.3. The van der Waals surface area contributed by atoms with Crippen molar-refractivity contribution in [1.29, 1.82) is 0 Å². The fourth-order valence-corrected chi connectivity index (χ4v) is 1.95. The highest BCUT2D eigenvalue weighted by Crippen LogP contribution is 2.12. The molecular weight excluding hydrogens is 218 g/mol. The van der Waals surface area contributed by atoms with Crippen LogP contribution in [0.1, 0.15) is 20.3 Å². The molecule has 15 heavy (non-hydrogen) atoms. The third-order valence-electron chi connectivity index (χ3n) is 1.89. The fraction of sp³-hybridized carbons (Fsp3) is 0.667. The average molecular weight is 233 g/mol. The summed E-state index contributed by atoms with van der Waals surface area (Å²) in [7, 11) is -1.03. The molecule has 0 aliphatic carbocycles. The maximum atomic E-state index is 11.4.